The number of benzene rings is 2. The Kier molecular flexibility index (Phi) is 5.52. The van der Waals surface area contributed by atoms with Gasteiger partial charge in [-0.15, -0.1) is 0 Å². The van der Waals surface area contributed by atoms with Crippen molar-refractivity contribution in [3.63, 3.8) is 0 Å². The van der Waals surface area contributed by atoms with Gasteiger partial charge in [-0.25, -0.2) is 8.42 Å². The fourth-order valence-electron chi connectivity index (χ4n) is 1.86. The minimum atomic E-state index is -3.10. The number of hydrogen-bond donors (Lipinski definition) is 0. The normalized spacial score (nSPS) is 12.2. The van der Waals surface area contributed by atoms with Gasteiger partial charge in [-0.2, -0.15) is 0 Å². The summed E-state index contributed by atoms with van der Waals surface area (Å²) >= 11 is 0. The maximum atomic E-state index is 11.9. The summed E-state index contributed by atoms with van der Waals surface area (Å²) in [6.45, 7) is 0. The van der Waals surface area contributed by atoms with Gasteiger partial charge in [-0.3, -0.25) is 0 Å². The van der Waals surface area contributed by atoms with Crippen molar-refractivity contribution in [1.29, 1.82) is 0 Å². The Hall–Kier alpha value is -2.13. The molecular weight excluding hydrogens is 280 g/mol. The van der Waals surface area contributed by atoms with E-state index in [1.807, 2.05) is 72.8 Å². The summed E-state index contributed by atoms with van der Waals surface area (Å²) in [5.74, 6) is 0.113. The fourth-order valence-corrected chi connectivity index (χ4v) is 2.77. The van der Waals surface area contributed by atoms with Crippen LogP contribution >= 0.6 is 0 Å². The van der Waals surface area contributed by atoms with Gasteiger partial charge in [0, 0.05) is 0 Å². The lowest BCUT2D eigenvalue weighted by atomic mass is 10.2. The average molecular weight is 298 g/mol. The number of rotatable bonds is 6. The highest BCUT2D eigenvalue weighted by molar-refractivity contribution is 7.91. The largest absolute Gasteiger partial charge is 0.228 e. The first-order chi connectivity index (χ1) is 10.2. The van der Waals surface area contributed by atoms with Gasteiger partial charge in [-0.05, 0) is 11.1 Å². The molecule has 0 atom stereocenters. The first-order valence-corrected chi connectivity index (χ1v) is 8.61. The summed E-state index contributed by atoms with van der Waals surface area (Å²) in [5.41, 5.74) is 2.01. The van der Waals surface area contributed by atoms with Crippen LogP contribution in [0.5, 0.6) is 0 Å². The van der Waals surface area contributed by atoms with Crippen molar-refractivity contribution in [2.45, 2.75) is 0 Å². The minimum Gasteiger partial charge on any atom is -0.228 e. The van der Waals surface area contributed by atoms with Crippen LogP contribution in [0.2, 0.25) is 0 Å². The molecule has 0 aromatic heterocycles. The Morgan fingerprint density at radius 3 is 1.43 bits per heavy atom. The smallest absolute Gasteiger partial charge is 0.157 e. The Labute approximate surface area is 126 Å². The zero-order valence-corrected chi connectivity index (χ0v) is 12.5. The Bertz CT molecular complexity index is 642. The van der Waals surface area contributed by atoms with Gasteiger partial charge in [0.15, 0.2) is 9.84 Å². The molecule has 21 heavy (non-hydrogen) atoms. The molecule has 0 aliphatic carbocycles. The predicted octanol–water partition coefficient (Wildman–Crippen LogP) is 3.83. The van der Waals surface area contributed by atoms with Crippen molar-refractivity contribution in [2.24, 2.45) is 0 Å². The van der Waals surface area contributed by atoms with Crippen LogP contribution in [0.1, 0.15) is 11.1 Å². The molecule has 0 saturated heterocycles. The molecule has 0 fully saturated rings. The second kappa shape index (κ2) is 7.60. The third kappa shape index (κ3) is 5.79. The van der Waals surface area contributed by atoms with E-state index in [0.29, 0.717) is 0 Å². The summed E-state index contributed by atoms with van der Waals surface area (Å²) in [7, 11) is -3.10. The van der Waals surface area contributed by atoms with Crippen molar-refractivity contribution in [2.75, 3.05) is 11.5 Å². The van der Waals surface area contributed by atoms with Gasteiger partial charge in [0.1, 0.15) is 0 Å². The van der Waals surface area contributed by atoms with Crippen molar-refractivity contribution in [1.82, 2.24) is 0 Å². The molecule has 2 nitrogen and oxygen atoms in total. The predicted molar refractivity (Wildman–Crippen MR) is 89.6 cm³/mol. The van der Waals surface area contributed by atoms with Crippen LogP contribution in [0.25, 0.3) is 12.2 Å². The molecule has 2 aromatic carbocycles. The molecule has 2 aromatic rings. The van der Waals surface area contributed by atoms with Crippen molar-refractivity contribution in [3.05, 3.63) is 83.9 Å². The van der Waals surface area contributed by atoms with Crippen molar-refractivity contribution in [3.8, 4) is 0 Å². The molecule has 3 heteroatoms. The molecule has 0 amide bonds. The monoisotopic (exact) mass is 298 g/mol. The molecule has 0 unspecified atom stereocenters. The van der Waals surface area contributed by atoms with Gasteiger partial charge in [0.25, 0.3) is 0 Å². The lowest BCUT2D eigenvalue weighted by Crippen LogP contribution is -2.07. The lowest BCUT2D eigenvalue weighted by Gasteiger charge is -1.97. The SMILES string of the molecule is O=S(=O)(CC=Cc1ccccc1)CC=Cc1ccccc1. The molecule has 108 valence electrons. The van der Waals surface area contributed by atoms with Crippen LogP contribution in [-0.2, 0) is 9.84 Å². The summed E-state index contributed by atoms with van der Waals surface area (Å²) < 4.78 is 23.8. The van der Waals surface area contributed by atoms with E-state index in [2.05, 4.69) is 0 Å². The summed E-state index contributed by atoms with van der Waals surface area (Å²) in [6.07, 6.45) is 7.05. The van der Waals surface area contributed by atoms with E-state index in [1.165, 1.54) is 0 Å². The quantitative estimate of drug-likeness (QED) is 0.812. The van der Waals surface area contributed by atoms with E-state index in [1.54, 1.807) is 12.2 Å². The van der Waals surface area contributed by atoms with E-state index in [4.69, 9.17) is 0 Å². The van der Waals surface area contributed by atoms with Crippen LogP contribution in [0.4, 0.5) is 0 Å². The van der Waals surface area contributed by atoms with Gasteiger partial charge in [0.05, 0.1) is 11.5 Å². The zero-order chi connectivity index (χ0) is 15.0. The Morgan fingerprint density at radius 1 is 0.667 bits per heavy atom. The van der Waals surface area contributed by atoms with Crippen LogP contribution in [0.3, 0.4) is 0 Å². The Balaban J connectivity index is 1.88. The molecule has 0 saturated carbocycles. The van der Waals surface area contributed by atoms with E-state index in [9.17, 15) is 8.42 Å². The van der Waals surface area contributed by atoms with Gasteiger partial charge in [-0.1, -0.05) is 85.0 Å². The molecule has 0 aliphatic rings. The number of hydrogen-bond acceptors (Lipinski definition) is 2. The average Bonchev–Trinajstić information content (AvgIpc) is 2.49. The van der Waals surface area contributed by atoms with E-state index < -0.39 is 9.84 Å². The summed E-state index contributed by atoms with van der Waals surface area (Å²) in [6, 6.07) is 19.3. The van der Waals surface area contributed by atoms with Gasteiger partial charge in [0.2, 0.25) is 0 Å². The molecule has 0 spiro atoms. The highest BCUT2D eigenvalue weighted by atomic mass is 32.2. The lowest BCUT2D eigenvalue weighted by molar-refractivity contribution is 0.602. The second-order valence-corrected chi connectivity index (χ2v) is 6.86. The maximum Gasteiger partial charge on any atom is 0.157 e. The number of sulfone groups is 1. The summed E-state index contributed by atoms with van der Waals surface area (Å²) in [5, 5.41) is 0. The minimum absolute atomic E-state index is 0.0566. The van der Waals surface area contributed by atoms with E-state index >= 15 is 0 Å². The van der Waals surface area contributed by atoms with Crippen LogP contribution < -0.4 is 0 Å². The third-order valence-corrected chi connectivity index (χ3v) is 4.32. The Morgan fingerprint density at radius 2 is 1.05 bits per heavy atom. The van der Waals surface area contributed by atoms with Crippen molar-refractivity contribution >= 4 is 22.0 Å². The highest BCUT2D eigenvalue weighted by Crippen LogP contribution is 2.04. The highest BCUT2D eigenvalue weighted by Gasteiger charge is 2.05. The zero-order valence-electron chi connectivity index (χ0n) is 11.7. The van der Waals surface area contributed by atoms with Gasteiger partial charge >= 0.3 is 0 Å². The molecular formula is C18H18O2S. The summed E-state index contributed by atoms with van der Waals surface area (Å²) in [4.78, 5) is 0. The molecule has 0 N–H and O–H groups in total. The topological polar surface area (TPSA) is 34.1 Å². The molecule has 0 aliphatic heterocycles. The molecule has 0 bridgehead atoms. The second-order valence-electron chi connectivity index (χ2n) is 4.70. The molecule has 2 rings (SSSR count). The van der Waals surface area contributed by atoms with Crippen LogP contribution in [0.15, 0.2) is 72.8 Å². The van der Waals surface area contributed by atoms with Crippen molar-refractivity contribution < 1.29 is 8.42 Å². The van der Waals surface area contributed by atoms with Crippen LogP contribution in [0, 0.1) is 0 Å². The fraction of sp³-hybridized carbons (Fsp3) is 0.111. The first-order valence-electron chi connectivity index (χ1n) is 6.79. The van der Waals surface area contributed by atoms with Gasteiger partial charge < -0.3 is 0 Å². The first kappa shape index (κ1) is 15.3. The maximum absolute atomic E-state index is 11.9. The van der Waals surface area contributed by atoms with Crippen LogP contribution in [-0.4, -0.2) is 19.9 Å². The van der Waals surface area contributed by atoms with E-state index in [0.717, 1.165) is 11.1 Å². The standard InChI is InChI=1S/C18H18O2S/c19-21(20,15-7-13-17-9-3-1-4-10-17)16-8-14-18-11-5-2-6-12-18/h1-14H,15-16H2. The molecule has 0 radical (unpaired) electrons. The third-order valence-electron chi connectivity index (χ3n) is 2.92. The van der Waals surface area contributed by atoms with E-state index in [-0.39, 0.29) is 11.5 Å². The molecule has 0 heterocycles.